The molecule has 26 heavy (non-hydrogen) atoms. The van der Waals surface area contributed by atoms with E-state index in [0.29, 0.717) is 5.92 Å². The molecule has 1 heterocycles. The van der Waals surface area contributed by atoms with E-state index in [1.54, 1.807) is 0 Å². The van der Waals surface area contributed by atoms with Gasteiger partial charge in [0.15, 0.2) is 5.16 Å². The van der Waals surface area contributed by atoms with Crippen molar-refractivity contribution < 1.29 is 4.79 Å². The van der Waals surface area contributed by atoms with E-state index in [2.05, 4.69) is 34.6 Å². The van der Waals surface area contributed by atoms with E-state index in [-0.39, 0.29) is 11.2 Å². The SMILES string of the molecule is Cc1cccc(-n2c(C)nnc2S[C@@H](C)C(=O)NCC2CCCCC2)c1. The Morgan fingerprint density at radius 2 is 2.04 bits per heavy atom. The number of aromatic nitrogens is 3. The van der Waals surface area contributed by atoms with Gasteiger partial charge in [-0.3, -0.25) is 9.36 Å². The summed E-state index contributed by atoms with van der Waals surface area (Å²) in [5.41, 5.74) is 2.22. The fourth-order valence-electron chi connectivity index (χ4n) is 3.48. The Balaban J connectivity index is 1.64. The molecule has 3 rings (SSSR count). The minimum Gasteiger partial charge on any atom is -0.355 e. The van der Waals surface area contributed by atoms with Crippen LogP contribution >= 0.6 is 11.8 Å². The number of carbonyl (C=O) groups is 1. The molecule has 0 radical (unpaired) electrons. The Kier molecular flexibility index (Phi) is 6.35. The summed E-state index contributed by atoms with van der Waals surface area (Å²) in [5.74, 6) is 1.55. The Morgan fingerprint density at radius 3 is 2.77 bits per heavy atom. The first-order chi connectivity index (χ1) is 12.5. The second kappa shape index (κ2) is 8.71. The average molecular weight is 373 g/mol. The lowest BCUT2D eigenvalue weighted by Gasteiger charge is -2.22. The zero-order valence-corrected chi connectivity index (χ0v) is 16.7. The van der Waals surface area contributed by atoms with E-state index >= 15 is 0 Å². The van der Waals surface area contributed by atoms with Gasteiger partial charge in [-0.2, -0.15) is 0 Å². The number of rotatable bonds is 6. The lowest BCUT2D eigenvalue weighted by atomic mass is 9.89. The van der Waals surface area contributed by atoms with Crippen LogP contribution in [0.15, 0.2) is 29.4 Å². The number of nitrogens with zero attached hydrogens (tertiary/aromatic N) is 3. The number of aryl methyl sites for hydroxylation is 2. The first-order valence-electron chi connectivity index (χ1n) is 9.48. The van der Waals surface area contributed by atoms with Crippen LogP contribution in [-0.4, -0.2) is 32.5 Å². The van der Waals surface area contributed by atoms with Crippen LogP contribution in [0.5, 0.6) is 0 Å². The maximum Gasteiger partial charge on any atom is 0.233 e. The van der Waals surface area contributed by atoms with Crippen molar-refractivity contribution in [1.82, 2.24) is 20.1 Å². The molecule has 0 unspecified atom stereocenters. The maximum atomic E-state index is 12.5. The van der Waals surface area contributed by atoms with Gasteiger partial charge in [0.2, 0.25) is 5.91 Å². The summed E-state index contributed by atoms with van der Waals surface area (Å²) < 4.78 is 2.02. The smallest absolute Gasteiger partial charge is 0.233 e. The fraction of sp³-hybridized carbons (Fsp3) is 0.550. The normalized spacial score (nSPS) is 16.4. The number of nitrogens with one attached hydrogen (secondary N) is 1. The molecule has 1 atom stereocenters. The number of benzene rings is 1. The molecule has 1 amide bonds. The summed E-state index contributed by atoms with van der Waals surface area (Å²) >= 11 is 1.46. The highest BCUT2D eigenvalue weighted by atomic mass is 32.2. The van der Waals surface area contributed by atoms with E-state index in [1.807, 2.05) is 30.5 Å². The molecule has 0 spiro atoms. The summed E-state index contributed by atoms with van der Waals surface area (Å²) in [6, 6.07) is 8.24. The molecule has 1 aromatic carbocycles. The number of hydrogen-bond acceptors (Lipinski definition) is 4. The third-order valence-electron chi connectivity index (χ3n) is 5.00. The molecule has 0 bridgehead atoms. The third-order valence-corrected chi connectivity index (χ3v) is 6.04. The Labute approximate surface area is 160 Å². The second-order valence-electron chi connectivity index (χ2n) is 7.21. The van der Waals surface area contributed by atoms with Crippen molar-refractivity contribution in [2.24, 2.45) is 5.92 Å². The quantitative estimate of drug-likeness (QED) is 0.777. The monoisotopic (exact) mass is 372 g/mol. The molecule has 1 aliphatic carbocycles. The van der Waals surface area contributed by atoms with Crippen molar-refractivity contribution in [3.05, 3.63) is 35.7 Å². The fourth-order valence-corrected chi connectivity index (χ4v) is 4.41. The van der Waals surface area contributed by atoms with Crippen LogP contribution in [0.4, 0.5) is 0 Å². The van der Waals surface area contributed by atoms with Gasteiger partial charge in [0, 0.05) is 12.2 Å². The zero-order valence-electron chi connectivity index (χ0n) is 15.9. The van der Waals surface area contributed by atoms with Crippen LogP contribution in [0.3, 0.4) is 0 Å². The van der Waals surface area contributed by atoms with Gasteiger partial charge in [-0.25, -0.2) is 0 Å². The molecule has 1 aromatic heterocycles. The van der Waals surface area contributed by atoms with Crippen molar-refractivity contribution in [3.63, 3.8) is 0 Å². The summed E-state index contributed by atoms with van der Waals surface area (Å²) in [6.45, 7) is 6.74. The maximum absolute atomic E-state index is 12.5. The molecule has 5 nitrogen and oxygen atoms in total. The molecule has 6 heteroatoms. The standard InChI is InChI=1S/C20H28N4OS/c1-14-8-7-11-18(12-14)24-16(3)22-23-20(24)26-15(2)19(25)21-13-17-9-5-4-6-10-17/h7-8,11-12,15,17H,4-6,9-10,13H2,1-3H3,(H,21,25)/t15-/m0/s1. The molecule has 0 saturated heterocycles. The zero-order chi connectivity index (χ0) is 18.5. The third kappa shape index (κ3) is 4.67. The first-order valence-corrected chi connectivity index (χ1v) is 10.4. The van der Waals surface area contributed by atoms with Gasteiger partial charge in [0.05, 0.1) is 5.25 Å². The van der Waals surface area contributed by atoms with E-state index in [9.17, 15) is 4.79 Å². The van der Waals surface area contributed by atoms with Gasteiger partial charge in [-0.15, -0.1) is 10.2 Å². The summed E-state index contributed by atoms with van der Waals surface area (Å²) in [5, 5.41) is 12.2. The van der Waals surface area contributed by atoms with Gasteiger partial charge >= 0.3 is 0 Å². The van der Waals surface area contributed by atoms with Crippen LogP contribution in [0.1, 0.15) is 50.4 Å². The predicted molar refractivity (Wildman–Crippen MR) is 106 cm³/mol. The number of amides is 1. The molecule has 140 valence electrons. The predicted octanol–water partition coefficient (Wildman–Crippen LogP) is 4.06. The minimum absolute atomic E-state index is 0.0806. The molecule has 1 fully saturated rings. The van der Waals surface area contributed by atoms with Crippen LogP contribution in [0, 0.1) is 19.8 Å². The van der Waals surface area contributed by atoms with Gasteiger partial charge in [-0.05, 0) is 57.2 Å². The average Bonchev–Trinajstić information content (AvgIpc) is 3.00. The van der Waals surface area contributed by atoms with Crippen molar-refractivity contribution in [3.8, 4) is 5.69 Å². The van der Waals surface area contributed by atoms with E-state index in [0.717, 1.165) is 23.2 Å². The van der Waals surface area contributed by atoms with Gasteiger partial charge in [-0.1, -0.05) is 43.2 Å². The number of thioether (sulfide) groups is 1. The van der Waals surface area contributed by atoms with E-state index < -0.39 is 0 Å². The summed E-state index contributed by atoms with van der Waals surface area (Å²) in [6.07, 6.45) is 6.41. The molecular weight excluding hydrogens is 344 g/mol. The lowest BCUT2D eigenvalue weighted by molar-refractivity contribution is -0.120. The van der Waals surface area contributed by atoms with Crippen LogP contribution < -0.4 is 5.32 Å². The summed E-state index contributed by atoms with van der Waals surface area (Å²) in [4.78, 5) is 12.5. The number of carbonyl (C=O) groups excluding carboxylic acids is 1. The number of hydrogen-bond donors (Lipinski definition) is 1. The van der Waals surface area contributed by atoms with Crippen molar-refractivity contribution in [1.29, 1.82) is 0 Å². The van der Waals surface area contributed by atoms with Gasteiger partial charge in [0.25, 0.3) is 0 Å². The molecule has 1 aliphatic rings. The molecular formula is C20H28N4OS. The van der Waals surface area contributed by atoms with Crippen LogP contribution in [0.25, 0.3) is 5.69 Å². The van der Waals surface area contributed by atoms with Gasteiger partial charge < -0.3 is 5.32 Å². The first kappa shape index (κ1) is 19.0. The van der Waals surface area contributed by atoms with Crippen molar-refractivity contribution in [2.75, 3.05) is 6.54 Å². The largest absolute Gasteiger partial charge is 0.355 e. The highest BCUT2D eigenvalue weighted by molar-refractivity contribution is 8.00. The Hall–Kier alpha value is -1.82. The molecule has 1 saturated carbocycles. The molecule has 2 aromatic rings. The lowest BCUT2D eigenvalue weighted by Crippen LogP contribution is -2.35. The minimum atomic E-state index is -0.203. The topological polar surface area (TPSA) is 59.8 Å². The second-order valence-corrected chi connectivity index (χ2v) is 8.52. The van der Waals surface area contributed by atoms with Crippen molar-refractivity contribution in [2.45, 2.75) is 63.3 Å². The Morgan fingerprint density at radius 1 is 1.27 bits per heavy atom. The molecule has 0 aliphatic heterocycles. The van der Waals surface area contributed by atoms with Gasteiger partial charge in [0.1, 0.15) is 5.82 Å². The Bertz CT molecular complexity index is 752. The van der Waals surface area contributed by atoms with Crippen LogP contribution in [-0.2, 0) is 4.79 Å². The van der Waals surface area contributed by atoms with E-state index in [4.69, 9.17) is 0 Å². The molecule has 1 N–H and O–H groups in total. The van der Waals surface area contributed by atoms with Crippen molar-refractivity contribution >= 4 is 17.7 Å². The highest BCUT2D eigenvalue weighted by Gasteiger charge is 2.21. The van der Waals surface area contributed by atoms with Crippen LogP contribution in [0.2, 0.25) is 0 Å². The highest BCUT2D eigenvalue weighted by Crippen LogP contribution is 2.26. The van der Waals surface area contributed by atoms with E-state index in [1.165, 1.54) is 49.4 Å². The summed E-state index contributed by atoms with van der Waals surface area (Å²) in [7, 11) is 0.